The van der Waals surface area contributed by atoms with E-state index in [9.17, 15) is 4.79 Å². The van der Waals surface area contributed by atoms with Crippen molar-refractivity contribution in [3.8, 4) is 0 Å². The number of fused-ring (bicyclic) bond motifs is 1. The number of nitrogens with one attached hydrogen (secondary N) is 2. The summed E-state index contributed by atoms with van der Waals surface area (Å²) in [6.07, 6.45) is 2.10. The van der Waals surface area contributed by atoms with E-state index in [4.69, 9.17) is 11.6 Å². The molecule has 0 radical (unpaired) electrons. The summed E-state index contributed by atoms with van der Waals surface area (Å²) >= 11 is 6.09. The van der Waals surface area contributed by atoms with Gasteiger partial charge >= 0.3 is 0 Å². The molecule has 5 heteroatoms. The van der Waals surface area contributed by atoms with E-state index in [1.807, 2.05) is 18.2 Å². The average Bonchev–Trinajstić information content (AvgIpc) is 2.83. The predicted molar refractivity (Wildman–Crippen MR) is 65.1 cm³/mol. The first kappa shape index (κ1) is 10.4. The van der Waals surface area contributed by atoms with Gasteiger partial charge in [-0.05, 0) is 17.7 Å². The standard InChI is InChI=1S/C12H10ClN3O/c13-9-3-1-2-7-8(10-4-5-14-16-10)6-11(17)15-12(7)9/h1-5,8H,6H2,(H,14,16)(H,15,17). The molecule has 4 nitrogen and oxygen atoms in total. The number of carbonyl (C=O) groups excluding carboxylic acids is 1. The highest BCUT2D eigenvalue weighted by Gasteiger charge is 2.28. The Bertz CT molecular complexity index is 565. The first-order chi connectivity index (χ1) is 8.25. The first-order valence-corrected chi connectivity index (χ1v) is 5.71. The number of anilines is 1. The molecule has 1 aromatic carbocycles. The van der Waals surface area contributed by atoms with Gasteiger partial charge in [0.15, 0.2) is 0 Å². The van der Waals surface area contributed by atoms with E-state index in [2.05, 4.69) is 15.5 Å². The van der Waals surface area contributed by atoms with Gasteiger partial charge < -0.3 is 5.32 Å². The maximum atomic E-state index is 11.7. The first-order valence-electron chi connectivity index (χ1n) is 5.33. The summed E-state index contributed by atoms with van der Waals surface area (Å²) in [4.78, 5) is 11.7. The molecule has 0 bridgehead atoms. The molecule has 0 aliphatic carbocycles. The fourth-order valence-corrected chi connectivity index (χ4v) is 2.42. The second-order valence-electron chi connectivity index (χ2n) is 4.02. The maximum absolute atomic E-state index is 11.7. The lowest BCUT2D eigenvalue weighted by molar-refractivity contribution is -0.116. The summed E-state index contributed by atoms with van der Waals surface area (Å²) in [6, 6.07) is 7.53. The van der Waals surface area contributed by atoms with Crippen LogP contribution in [-0.4, -0.2) is 16.1 Å². The Morgan fingerprint density at radius 2 is 2.24 bits per heavy atom. The third-order valence-electron chi connectivity index (χ3n) is 2.97. The smallest absolute Gasteiger partial charge is 0.225 e. The maximum Gasteiger partial charge on any atom is 0.225 e. The van der Waals surface area contributed by atoms with E-state index in [0.29, 0.717) is 17.1 Å². The molecule has 1 unspecified atom stereocenters. The Hall–Kier alpha value is -1.81. The summed E-state index contributed by atoms with van der Waals surface area (Å²) < 4.78 is 0. The van der Waals surface area contributed by atoms with Gasteiger partial charge in [0.2, 0.25) is 5.91 Å². The number of nitrogens with zero attached hydrogens (tertiary/aromatic N) is 1. The molecule has 0 fully saturated rings. The van der Waals surface area contributed by atoms with Crippen molar-refractivity contribution < 1.29 is 4.79 Å². The third-order valence-corrected chi connectivity index (χ3v) is 3.29. The Labute approximate surface area is 103 Å². The Morgan fingerprint density at radius 3 is 3.00 bits per heavy atom. The molecule has 3 rings (SSSR count). The number of hydrogen-bond acceptors (Lipinski definition) is 2. The van der Waals surface area contributed by atoms with Crippen LogP contribution in [0, 0.1) is 0 Å². The highest BCUT2D eigenvalue weighted by atomic mass is 35.5. The van der Waals surface area contributed by atoms with Gasteiger partial charge in [-0.1, -0.05) is 23.7 Å². The van der Waals surface area contributed by atoms with Crippen LogP contribution in [-0.2, 0) is 4.79 Å². The quantitative estimate of drug-likeness (QED) is 0.814. The van der Waals surface area contributed by atoms with E-state index in [0.717, 1.165) is 11.3 Å². The van der Waals surface area contributed by atoms with Crippen molar-refractivity contribution >= 4 is 23.2 Å². The van der Waals surface area contributed by atoms with Gasteiger partial charge in [-0.25, -0.2) is 0 Å². The minimum Gasteiger partial charge on any atom is -0.324 e. The SMILES string of the molecule is O=C1CC(c2ccn[nH]2)c2cccc(Cl)c2N1. The van der Waals surface area contributed by atoms with Gasteiger partial charge in [-0.3, -0.25) is 9.89 Å². The van der Waals surface area contributed by atoms with Crippen LogP contribution in [0.4, 0.5) is 5.69 Å². The summed E-state index contributed by atoms with van der Waals surface area (Å²) in [7, 11) is 0. The minimum absolute atomic E-state index is 0.0000463. The lowest BCUT2D eigenvalue weighted by Gasteiger charge is -2.25. The zero-order chi connectivity index (χ0) is 11.8. The molecule has 1 aliphatic heterocycles. The van der Waals surface area contributed by atoms with Crippen molar-refractivity contribution in [1.29, 1.82) is 0 Å². The summed E-state index contributed by atoms with van der Waals surface area (Å²) in [5.41, 5.74) is 2.68. The van der Waals surface area contributed by atoms with Crippen molar-refractivity contribution in [3.05, 3.63) is 46.7 Å². The van der Waals surface area contributed by atoms with Crippen molar-refractivity contribution in [1.82, 2.24) is 10.2 Å². The average molecular weight is 248 g/mol. The van der Waals surface area contributed by atoms with Crippen molar-refractivity contribution in [2.75, 3.05) is 5.32 Å². The molecule has 0 saturated carbocycles. The van der Waals surface area contributed by atoms with Crippen LogP contribution in [0.5, 0.6) is 0 Å². The van der Waals surface area contributed by atoms with Crippen LogP contribution in [0.2, 0.25) is 5.02 Å². The zero-order valence-electron chi connectivity index (χ0n) is 8.90. The van der Waals surface area contributed by atoms with Crippen molar-refractivity contribution in [2.45, 2.75) is 12.3 Å². The number of benzene rings is 1. The van der Waals surface area contributed by atoms with E-state index < -0.39 is 0 Å². The monoisotopic (exact) mass is 247 g/mol. The van der Waals surface area contributed by atoms with Gasteiger partial charge in [0.05, 0.1) is 10.7 Å². The molecule has 0 saturated heterocycles. The number of rotatable bonds is 1. The van der Waals surface area contributed by atoms with Crippen LogP contribution in [0.15, 0.2) is 30.5 Å². The number of amides is 1. The minimum atomic E-state index is -0.0230. The molecular weight excluding hydrogens is 238 g/mol. The predicted octanol–water partition coefficient (Wildman–Crippen LogP) is 2.54. The molecule has 2 N–H and O–H groups in total. The second kappa shape index (κ2) is 3.89. The molecule has 1 aliphatic rings. The number of hydrogen-bond donors (Lipinski definition) is 2. The molecule has 1 amide bonds. The largest absolute Gasteiger partial charge is 0.324 e. The van der Waals surface area contributed by atoms with Gasteiger partial charge in [0, 0.05) is 24.2 Å². The molecule has 2 heterocycles. The molecule has 1 aromatic heterocycles. The lowest BCUT2D eigenvalue weighted by Crippen LogP contribution is -2.24. The Balaban J connectivity index is 2.15. The summed E-state index contributed by atoms with van der Waals surface area (Å²) in [6.45, 7) is 0. The third kappa shape index (κ3) is 1.70. The van der Waals surface area contributed by atoms with Crippen LogP contribution in [0.1, 0.15) is 23.6 Å². The molecule has 2 aromatic rings. The van der Waals surface area contributed by atoms with Crippen LogP contribution >= 0.6 is 11.6 Å². The number of aromatic amines is 1. The van der Waals surface area contributed by atoms with Crippen LogP contribution in [0.25, 0.3) is 0 Å². The number of H-pyrrole nitrogens is 1. The Kier molecular flexibility index (Phi) is 2.37. The Morgan fingerprint density at radius 1 is 1.35 bits per heavy atom. The van der Waals surface area contributed by atoms with Gasteiger partial charge in [0.1, 0.15) is 0 Å². The topological polar surface area (TPSA) is 57.8 Å². The molecule has 17 heavy (non-hydrogen) atoms. The highest BCUT2D eigenvalue weighted by molar-refractivity contribution is 6.34. The lowest BCUT2D eigenvalue weighted by atomic mass is 9.88. The van der Waals surface area contributed by atoms with Crippen LogP contribution in [0.3, 0.4) is 0 Å². The fraction of sp³-hybridized carbons (Fsp3) is 0.167. The molecule has 86 valence electrons. The fourth-order valence-electron chi connectivity index (χ4n) is 2.19. The number of aromatic nitrogens is 2. The van der Waals surface area contributed by atoms with E-state index in [1.165, 1.54) is 0 Å². The van der Waals surface area contributed by atoms with Crippen molar-refractivity contribution in [3.63, 3.8) is 0 Å². The number of halogens is 1. The summed E-state index contributed by atoms with van der Waals surface area (Å²) in [5.74, 6) is -0.0230. The molecule has 1 atom stereocenters. The number of carbonyl (C=O) groups is 1. The normalized spacial score (nSPS) is 18.6. The summed E-state index contributed by atoms with van der Waals surface area (Å²) in [5, 5.41) is 10.2. The zero-order valence-corrected chi connectivity index (χ0v) is 9.66. The van der Waals surface area contributed by atoms with E-state index >= 15 is 0 Å². The van der Waals surface area contributed by atoms with E-state index in [1.54, 1.807) is 12.3 Å². The number of para-hydroxylation sites is 1. The van der Waals surface area contributed by atoms with Gasteiger partial charge in [0.25, 0.3) is 0 Å². The van der Waals surface area contributed by atoms with Crippen LogP contribution < -0.4 is 5.32 Å². The second-order valence-corrected chi connectivity index (χ2v) is 4.43. The van der Waals surface area contributed by atoms with Gasteiger partial charge in [-0.2, -0.15) is 5.10 Å². The highest BCUT2D eigenvalue weighted by Crippen LogP contribution is 2.39. The molecule has 0 spiro atoms. The van der Waals surface area contributed by atoms with Gasteiger partial charge in [-0.15, -0.1) is 0 Å². The van der Waals surface area contributed by atoms with E-state index in [-0.39, 0.29) is 11.8 Å². The van der Waals surface area contributed by atoms with Crippen molar-refractivity contribution in [2.24, 2.45) is 0 Å². The molecular formula is C12H10ClN3O.